The van der Waals surface area contributed by atoms with Crippen molar-refractivity contribution in [1.82, 2.24) is 26.0 Å². The van der Waals surface area contributed by atoms with Crippen LogP contribution in [0.15, 0.2) is 48.5 Å². The summed E-state index contributed by atoms with van der Waals surface area (Å²) in [6.45, 7) is 1.42. The average Bonchev–Trinajstić information content (AvgIpc) is 3.31. The molecule has 49 heavy (non-hydrogen) atoms. The Balaban J connectivity index is 1.31. The standard InChI is InChI=1S/C32H38N5O11P/c1-18(38)33-26(15-19-8-10-21(11-9-19)48-49(45,46)47)30(42)34-24-12-13-28(39)36-14-4-7-27(37(36)32(24)44)31(43)35-25-16-20(17-29(40)41)22-5-2-3-6-23(22)25/h2-3,5-6,8-11,20,24-27H,4,7,12-17H2,1H3,(H,33,38)(H,34,42)(H,35,43)(H,40,41)(H2,45,46,47)/t20-,24+,25-,26+,27+/m1/s1. The number of carbonyl (C=O) groups is 6. The van der Waals surface area contributed by atoms with Gasteiger partial charge in [0.15, 0.2) is 0 Å². The zero-order valence-corrected chi connectivity index (χ0v) is 27.5. The number of carboxylic acid groups (broad SMARTS) is 1. The number of phosphoric acid groups is 1. The van der Waals surface area contributed by atoms with Crippen LogP contribution in [0.2, 0.25) is 0 Å². The summed E-state index contributed by atoms with van der Waals surface area (Å²) in [4.78, 5) is 96.2. The summed E-state index contributed by atoms with van der Waals surface area (Å²) in [7, 11) is -4.78. The van der Waals surface area contributed by atoms with E-state index in [4.69, 9.17) is 9.79 Å². The molecule has 0 spiro atoms. The maximum absolute atomic E-state index is 14.0. The number of hydrogen-bond donors (Lipinski definition) is 6. The largest absolute Gasteiger partial charge is 0.524 e. The molecule has 2 aromatic carbocycles. The summed E-state index contributed by atoms with van der Waals surface area (Å²) >= 11 is 0. The number of nitrogens with zero attached hydrogens (tertiary/aromatic N) is 2. The van der Waals surface area contributed by atoms with Gasteiger partial charge in [-0.05, 0) is 60.4 Å². The number of rotatable bonds is 11. The van der Waals surface area contributed by atoms with Crippen LogP contribution in [0.1, 0.15) is 74.1 Å². The molecule has 2 aromatic rings. The van der Waals surface area contributed by atoms with E-state index in [1.54, 1.807) is 6.07 Å². The van der Waals surface area contributed by atoms with E-state index in [1.165, 1.54) is 36.2 Å². The maximum atomic E-state index is 14.0. The molecule has 0 saturated carbocycles. The second-order valence-corrected chi connectivity index (χ2v) is 13.5. The fraction of sp³-hybridized carbons (Fsp3) is 0.438. The molecule has 0 bridgehead atoms. The van der Waals surface area contributed by atoms with E-state index >= 15 is 0 Å². The normalized spacial score (nSPS) is 22.7. The SMILES string of the molecule is CC(=O)N[C@@H](Cc1ccc(OP(=O)(O)O)cc1)C(=O)N[C@H]1CCC(=O)N2CCC[C@@H](C(=O)N[C@@H]3C[C@H](CC(=O)O)c4ccccc43)N2C1=O. The Bertz CT molecular complexity index is 1680. The smallest absolute Gasteiger partial charge is 0.481 e. The molecule has 17 heteroatoms. The monoisotopic (exact) mass is 699 g/mol. The molecule has 1 aliphatic carbocycles. The minimum Gasteiger partial charge on any atom is -0.481 e. The fourth-order valence-electron chi connectivity index (χ4n) is 6.74. The van der Waals surface area contributed by atoms with Gasteiger partial charge in [-0.1, -0.05) is 36.4 Å². The third-order valence-electron chi connectivity index (χ3n) is 8.83. The Morgan fingerprint density at radius 2 is 1.67 bits per heavy atom. The molecule has 5 atom stereocenters. The molecule has 0 radical (unpaired) electrons. The van der Waals surface area contributed by atoms with Gasteiger partial charge in [0.25, 0.3) is 5.91 Å². The number of aliphatic carboxylic acids is 1. The maximum Gasteiger partial charge on any atom is 0.524 e. The molecule has 2 fully saturated rings. The number of amides is 5. The van der Waals surface area contributed by atoms with Crippen molar-refractivity contribution in [3.05, 3.63) is 65.2 Å². The number of hydrogen-bond acceptors (Lipinski definition) is 8. The highest BCUT2D eigenvalue weighted by molar-refractivity contribution is 7.46. The van der Waals surface area contributed by atoms with Gasteiger partial charge < -0.3 is 25.6 Å². The van der Waals surface area contributed by atoms with Crippen molar-refractivity contribution in [2.24, 2.45) is 0 Å². The Kier molecular flexibility index (Phi) is 10.7. The van der Waals surface area contributed by atoms with Crippen molar-refractivity contribution in [2.75, 3.05) is 6.54 Å². The summed E-state index contributed by atoms with van der Waals surface area (Å²) in [6, 6.07) is 8.89. The zero-order chi connectivity index (χ0) is 35.5. The van der Waals surface area contributed by atoms with Crippen LogP contribution >= 0.6 is 7.82 Å². The van der Waals surface area contributed by atoms with Crippen molar-refractivity contribution in [1.29, 1.82) is 0 Å². The van der Waals surface area contributed by atoms with Gasteiger partial charge in [0.1, 0.15) is 23.9 Å². The summed E-state index contributed by atoms with van der Waals surface area (Å²) in [5.74, 6) is -4.14. The number of carboxylic acids is 1. The number of phosphoric ester groups is 1. The van der Waals surface area contributed by atoms with Gasteiger partial charge >= 0.3 is 13.8 Å². The molecular weight excluding hydrogens is 661 g/mol. The van der Waals surface area contributed by atoms with E-state index in [1.807, 2.05) is 18.2 Å². The van der Waals surface area contributed by atoms with Crippen molar-refractivity contribution in [3.63, 3.8) is 0 Å². The lowest BCUT2D eigenvalue weighted by Gasteiger charge is -2.43. The third-order valence-corrected chi connectivity index (χ3v) is 9.28. The minimum atomic E-state index is -4.78. The second-order valence-electron chi connectivity index (χ2n) is 12.4. The van der Waals surface area contributed by atoms with Crippen molar-refractivity contribution < 1.29 is 52.7 Å². The third kappa shape index (κ3) is 8.63. The summed E-state index contributed by atoms with van der Waals surface area (Å²) in [5, 5.41) is 20.0. The highest BCUT2D eigenvalue weighted by Crippen LogP contribution is 2.42. The van der Waals surface area contributed by atoms with Crippen LogP contribution in [0.25, 0.3) is 0 Å². The minimum absolute atomic E-state index is 0.0428. The molecule has 2 heterocycles. The number of nitrogens with one attached hydrogen (secondary N) is 3. The van der Waals surface area contributed by atoms with Crippen molar-refractivity contribution in [3.8, 4) is 5.75 Å². The van der Waals surface area contributed by atoms with Crippen LogP contribution in [0.4, 0.5) is 0 Å². The van der Waals surface area contributed by atoms with Gasteiger partial charge in [0, 0.05) is 26.3 Å². The average molecular weight is 700 g/mol. The molecule has 5 rings (SSSR count). The van der Waals surface area contributed by atoms with Crippen LogP contribution in [-0.4, -0.2) is 85.1 Å². The van der Waals surface area contributed by atoms with E-state index in [0.717, 1.165) is 16.1 Å². The predicted molar refractivity (Wildman–Crippen MR) is 170 cm³/mol. The fourth-order valence-corrected chi connectivity index (χ4v) is 7.14. The van der Waals surface area contributed by atoms with Crippen LogP contribution in [-0.2, 0) is 39.8 Å². The first-order valence-corrected chi connectivity index (χ1v) is 17.4. The molecular formula is C32H38N5O11P. The van der Waals surface area contributed by atoms with Gasteiger partial charge in [0.2, 0.25) is 23.6 Å². The molecule has 0 unspecified atom stereocenters. The predicted octanol–water partition coefficient (Wildman–Crippen LogP) is 1.04. The van der Waals surface area contributed by atoms with Gasteiger partial charge in [-0.3, -0.25) is 43.6 Å². The lowest BCUT2D eigenvalue weighted by molar-refractivity contribution is -0.176. The number of fused-ring (bicyclic) bond motifs is 2. The Morgan fingerprint density at radius 1 is 0.980 bits per heavy atom. The van der Waals surface area contributed by atoms with Gasteiger partial charge in [-0.2, -0.15) is 0 Å². The van der Waals surface area contributed by atoms with Crippen molar-refractivity contribution in [2.45, 2.75) is 82.0 Å². The lowest BCUT2D eigenvalue weighted by atomic mass is 9.98. The molecule has 262 valence electrons. The van der Waals surface area contributed by atoms with E-state index in [9.17, 15) is 38.4 Å². The number of carbonyl (C=O) groups excluding carboxylic acids is 5. The second kappa shape index (κ2) is 14.8. The topological polar surface area (TPSA) is 232 Å². The first kappa shape index (κ1) is 35.5. The first-order chi connectivity index (χ1) is 23.2. The van der Waals surface area contributed by atoms with Crippen molar-refractivity contribution >= 4 is 43.3 Å². The number of hydrazine groups is 1. The molecule has 5 amide bonds. The molecule has 3 aliphatic rings. The van der Waals surface area contributed by atoms with Crippen LogP contribution in [0, 0.1) is 0 Å². The summed E-state index contributed by atoms with van der Waals surface area (Å²) in [6.07, 6.45) is 0.800. The zero-order valence-electron chi connectivity index (χ0n) is 26.6. The molecule has 0 aromatic heterocycles. The first-order valence-electron chi connectivity index (χ1n) is 15.9. The van der Waals surface area contributed by atoms with Crippen LogP contribution in [0.5, 0.6) is 5.75 Å². The number of benzene rings is 2. The highest BCUT2D eigenvalue weighted by atomic mass is 31.2. The van der Waals surface area contributed by atoms with Crippen LogP contribution < -0.4 is 20.5 Å². The van der Waals surface area contributed by atoms with Gasteiger partial charge in [-0.15, -0.1) is 0 Å². The molecule has 6 N–H and O–H groups in total. The lowest BCUT2D eigenvalue weighted by Crippen LogP contribution is -2.64. The van der Waals surface area contributed by atoms with Gasteiger partial charge in [-0.25, -0.2) is 9.57 Å². The Morgan fingerprint density at radius 3 is 2.33 bits per heavy atom. The van der Waals surface area contributed by atoms with Crippen LogP contribution in [0.3, 0.4) is 0 Å². The molecule has 2 aliphatic heterocycles. The van der Waals surface area contributed by atoms with Gasteiger partial charge in [0.05, 0.1) is 12.5 Å². The van der Waals surface area contributed by atoms with E-state index in [2.05, 4.69) is 20.5 Å². The van der Waals surface area contributed by atoms with E-state index in [-0.39, 0.29) is 56.2 Å². The highest BCUT2D eigenvalue weighted by Gasteiger charge is 2.46. The Labute approximate surface area is 281 Å². The Hall–Kier alpha value is -4.79. The quantitative estimate of drug-likeness (QED) is 0.181. The van der Waals surface area contributed by atoms with E-state index in [0.29, 0.717) is 18.4 Å². The molecule has 16 nitrogen and oxygen atoms in total. The van der Waals surface area contributed by atoms with E-state index < -0.39 is 61.6 Å². The molecule has 2 saturated heterocycles. The summed E-state index contributed by atoms with van der Waals surface area (Å²) in [5.41, 5.74) is 2.14. The summed E-state index contributed by atoms with van der Waals surface area (Å²) < 4.78 is 15.7.